The number of carbonyl (C=O) groups is 1. The molecular formula is C11H13F2N3O2. The molecule has 0 aliphatic rings. The number of oxime groups is 1. The summed E-state index contributed by atoms with van der Waals surface area (Å²) in [5, 5.41) is 13.4. The number of halogens is 2. The molecular weight excluding hydrogens is 244 g/mol. The lowest BCUT2D eigenvalue weighted by Crippen LogP contribution is -2.30. The van der Waals surface area contributed by atoms with Gasteiger partial charge in [-0.05, 0) is 24.1 Å². The first kappa shape index (κ1) is 13.9. The molecule has 98 valence electrons. The van der Waals surface area contributed by atoms with E-state index in [-0.39, 0.29) is 25.2 Å². The monoisotopic (exact) mass is 257 g/mol. The van der Waals surface area contributed by atoms with Crippen molar-refractivity contribution in [3.63, 3.8) is 0 Å². The average Bonchev–Trinajstić information content (AvgIpc) is 2.27. The number of nitrogens with one attached hydrogen (secondary N) is 1. The SMILES string of the molecule is NC(CC(=O)NCCc1cc(F)cc(F)c1)=NO. The van der Waals surface area contributed by atoms with E-state index in [1.165, 1.54) is 12.1 Å². The molecule has 0 aliphatic carbocycles. The van der Waals surface area contributed by atoms with E-state index in [0.717, 1.165) is 6.07 Å². The molecule has 7 heteroatoms. The van der Waals surface area contributed by atoms with Crippen molar-refractivity contribution in [1.82, 2.24) is 5.32 Å². The Hall–Kier alpha value is -2.18. The van der Waals surface area contributed by atoms with Crippen molar-refractivity contribution in [1.29, 1.82) is 0 Å². The van der Waals surface area contributed by atoms with E-state index in [1.54, 1.807) is 0 Å². The van der Waals surface area contributed by atoms with Crippen molar-refractivity contribution in [2.75, 3.05) is 6.54 Å². The van der Waals surface area contributed by atoms with Crippen LogP contribution in [0.4, 0.5) is 8.78 Å². The van der Waals surface area contributed by atoms with Crippen LogP contribution in [0.15, 0.2) is 23.4 Å². The molecule has 0 saturated heterocycles. The smallest absolute Gasteiger partial charge is 0.227 e. The van der Waals surface area contributed by atoms with Crippen molar-refractivity contribution < 1.29 is 18.8 Å². The average molecular weight is 257 g/mol. The second-order valence-electron chi connectivity index (χ2n) is 3.65. The van der Waals surface area contributed by atoms with Crippen LogP contribution < -0.4 is 11.1 Å². The highest BCUT2D eigenvalue weighted by Crippen LogP contribution is 2.08. The van der Waals surface area contributed by atoms with Gasteiger partial charge in [0.05, 0.1) is 6.42 Å². The zero-order chi connectivity index (χ0) is 13.5. The summed E-state index contributed by atoms with van der Waals surface area (Å²) in [5.41, 5.74) is 5.58. The third-order valence-corrected chi connectivity index (χ3v) is 2.13. The fourth-order valence-corrected chi connectivity index (χ4v) is 1.36. The maximum Gasteiger partial charge on any atom is 0.227 e. The molecule has 5 nitrogen and oxygen atoms in total. The van der Waals surface area contributed by atoms with Gasteiger partial charge in [-0.1, -0.05) is 5.16 Å². The molecule has 0 radical (unpaired) electrons. The molecule has 0 aliphatic heterocycles. The zero-order valence-electron chi connectivity index (χ0n) is 9.49. The van der Waals surface area contributed by atoms with Crippen LogP contribution in [0, 0.1) is 11.6 Å². The Morgan fingerprint density at radius 1 is 1.33 bits per heavy atom. The van der Waals surface area contributed by atoms with E-state index >= 15 is 0 Å². The summed E-state index contributed by atoms with van der Waals surface area (Å²) < 4.78 is 25.7. The van der Waals surface area contributed by atoms with Crippen molar-refractivity contribution in [3.8, 4) is 0 Å². The Labute approximate surface area is 102 Å². The molecule has 1 amide bonds. The molecule has 18 heavy (non-hydrogen) atoms. The van der Waals surface area contributed by atoms with Gasteiger partial charge in [0.15, 0.2) is 0 Å². The molecule has 1 aromatic rings. The normalized spacial score (nSPS) is 11.3. The van der Waals surface area contributed by atoms with Gasteiger partial charge in [0, 0.05) is 12.6 Å². The first-order valence-corrected chi connectivity index (χ1v) is 5.19. The Morgan fingerprint density at radius 2 is 1.94 bits per heavy atom. The molecule has 0 heterocycles. The lowest BCUT2D eigenvalue weighted by atomic mass is 10.1. The number of amidine groups is 1. The summed E-state index contributed by atoms with van der Waals surface area (Å²) in [5.74, 6) is -1.95. The minimum Gasteiger partial charge on any atom is -0.409 e. The number of rotatable bonds is 5. The fourth-order valence-electron chi connectivity index (χ4n) is 1.36. The van der Waals surface area contributed by atoms with Crippen LogP contribution in [0.2, 0.25) is 0 Å². The Morgan fingerprint density at radius 3 is 2.50 bits per heavy atom. The van der Waals surface area contributed by atoms with Crippen molar-refractivity contribution >= 4 is 11.7 Å². The topological polar surface area (TPSA) is 87.7 Å². The van der Waals surface area contributed by atoms with Gasteiger partial charge in [-0.2, -0.15) is 0 Å². The van der Waals surface area contributed by atoms with Gasteiger partial charge in [0.1, 0.15) is 17.5 Å². The van der Waals surface area contributed by atoms with Crippen LogP contribution in [-0.4, -0.2) is 23.5 Å². The molecule has 1 aromatic carbocycles. The zero-order valence-corrected chi connectivity index (χ0v) is 9.49. The van der Waals surface area contributed by atoms with Crippen molar-refractivity contribution in [3.05, 3.63) is 35.4 Å². The van der Waals surface area contributed by atoms with Gasteiger partial charge in [-0.25, -0.2) is 8.78 Å². The van der Waals surface area contributed by atoms with Crippen LogP contribution in [-0.2, 0) is 11.2 Å². The number of hydrogen-bond donors (Lipinski definition) is 3. The Kier molecular flexibility index (Phi) is 5.04. The van der Waals surface area contributed by atoms with Gasteiger partial charge >= 0.3 is 0 Å². The molecule has 0 saturated carbocycles. The number of benzene rings is 1. The number of carbonyl (C=O) groups excluding carboxylic acids is 1. The minimum absolute atomic E-state index is 0.204. The molecule has 0 fully saturated rings. The Bertz CT molecular complexity index is 443. The minimum atomic E-state index is -0.659. The summed E-state index contributed by atoms with van der Waals surface area (Å²) in [6.07, 6.45) is 0.0601. The van der Waals surface area contributed by atoms with Crippen LogP contribution in [0.3, 0.4) is 0 Å². The first-order chi connectivity index (χ1) is 8.51. The van der Waals surface area contributed by atoms with Crippen LogP contribution in [0.25, 0.3) is 0 Å². The van der Waals surface area contributed by atoms with E-state index in [0.29, 0.717) is 5.56 Å². The predicted molar refractivity (Wildman–Crippen MR) is 61.1 cm³/mol. The maximum atomic E-state index is 12.8. The largest absolute Gasteiger partial charge is 0.409 e. The van der Waals surface area contributed by atoms with Crippen LogP contribution >= 0.6 is 0 Å². The Balaban J connectivity index is 2.39. The van der Waals surface area contributed by atoms with E-state index < -0.39 is 17.5 Å². The number of nitrogens with two attached hydrogens (primary N) is 1. The lowest BCUT2D eigenvalue weighted by Gasteiger charge is -2.05. The van der Waals surface area contributed by atoms with E-state index in [4.69, 9.17) is 10.9 Å². The summed E-state index contributed by atoms with van der Waals surface area (Å²) >= 11 is 0. The van der Waals surface area contributed by atoms with Gasteiger partial charge in [0.25, 0.3) is 0 Å². The standard InChI is InChI=1S/C11H13F2N3O2/c12-8-3-7(4-9(13)5-8)1-2-15-11(17)6-10(14)16-18/h3-5,18H,1-2,6H2,(H2,14,16)(H,15,17). The molecule has 1 rings (SSSR count). The van der Waals surface area contributed by atoms with Crippen LogP contribution in [0.1, 0.15) is 12.0 Å². The van der Waals surface area contributed by atoms with Gasteiger partial charge in [-0.3, -0.25) is 4.79 Å². The molecule has 4 N–H and O–H groups in total. The number of amides is 1. The molecule has 0 spiro atoms. The van der Waals surface area contributed by atoms with E-state index in [9.17, 15) is 13.6 Å². The second-order valence-corrected chi connectivity index (χ2v) is 3.65. The fraction of sp³-hybridized carbons (Fsp3) is 0.273. The van der Waals surface area contributed by atoms with Crippen LogP contribution in [0.5, 0.6) is 0 Å². The maximum absolute atomic E-state index is 12.8. The summed E-state index contributed by atoms with van der Waals surface area (Å²) in [6, 6.07) is 3.16. The lowest BCUT2D eigenvalue weighted by molar-refractivity contribution is -0.119. The molecule has 0 aromatic heterocycles. The van der Waals surface area contributed by atoms with Gasteiger partial charge in [0.2, 0.25) is 5.91 Å². The third-order valence-electron chi connectivity index (χ3n) is 2.13. The van der Waals surface area contributed by atoms with Gasteiger partial charge < -0.3 is 16.3 Å². The quantitative estimate of drug-likeness (QED) is 0.315. The summed E-state index contributed by atoms with van der Waals surface area (Å²) in [7, 11) is 0. The summed E-state index contributed by atoms with van der Waals surface area (Å²) in [4.78, 5) is 11.2. The summed E-state index contributed by atoms with van der Waals surface area (Å²) in [6.45, 7) is 0.209. The van der Waals surface area contributed by atoms with Crippen molar-refractivity contribution in [2.24, 2.45) is 10.9 Å². The highest BCUT2D eigenvalue weighted by Gasteiger charge is 2.05. The number of nitrogens with zero attached hydrogens (tertiary/aromatic N) is 1. The third kappa shape index (κ3) is 4.77. The van der Waals surface area contributed by atoms with Gasteiger partial charge in [-0.15, -0.1) is 0 Å². The molecule has 0 bridgehead atoms. The first-order valence-electron chi connectivity index (χ1n) is 5.19. The highest BCUT2D eigenvalue weighted by molar-refractivity contribution is 5.98. The van der Waals surface area contributed by atoms with E-state index in [1.807, 2.05) is 0 Å². The highest BCUT2D eigenvalue weighted by atomic mass is 19.1. The second kappa shape index (κ2) is 6.53. The number of hydrogen-bond acceptors (Lipinski definition) is 3. The molecule has 0 atom stereocenters. The molecule has 0 unspecified atom stereocenters. The van der Waals surface area contributed by atoms with Crippen molar-refractivity contribution in [2.45, 2.75) is 12.8 Å². The van der Waals surface area contributed by atoms with E-state index in [2.05, 4.69) is 10.5 Å². The predicted octanol–water partition coefficient (Wildman–Crippen LogP) is 0.760.